The van der Waals surface area contributed by atoms with Crippen LogP contribution in [0.2, 0.25) is 5.02 Å². The molecule has 35 heavy (non-hydrogen) atoms. The number of halogens is 2. The number of nitrogens with zero attached hydrogens (tertiary/aromatic N) is 7. The van der Waals surface area contributed by atoms with Crippen LogP contribution in [0.4, 0.5) is 10.3 Å². The fraction of sp³-hybridized carbons (Fsp3) is 0.520. The number of rotatable bonds is 3. The zero-order valence-electron chi connectivity index (χ0n) is 19.6. The van der Waals surface area contributed by atoms with E-state index in [1.54, 1.807) is 6.92 Å². The molecular weight excluding hydrogens is 469 g/mol. The van der Waals surface area contributed by atoms with Gasteiger partial charge in [0.1, 0.15) is 5.82 Å². The molecule has 0 unspecified atom stereocenters. The fourth-order valence-electron chi connectivity index (χ4n) is 6.31. The van der Waals surface area contributed by atoms with Gasteiger partial charge >= 0.3 is 0 Å². The van der Waals surface area contributed by atoms with Crippen LogP contribution < -0.4 is 4.90 Å². The molecule has 1 aromatic carbocycles. The Kier molecular flexibility index (Phi) is 4.91. The second-order valence-electron chi connectivity index (χ2n) is 10.6. The Morgan fingerprint density at radius 2 is 2.03 bits per heavy atom. The molecule has 0 radical (unpaired) electrons. The van der Waals surface area contributed by atoms with Gasteiger partial charge in [-0.25, -0.2) is 14.4 Å². The second-order valence-corrected chi connectivity index (χ2v) is 11.0. The van der Waals surface area contributed by atoms with Gasteiger partial charge in [-0.15, -0.1) is 10.2 Å². The maximum Gasteiger partial charge on any atom is 0.225 e. The molecule has 8 nitrogen and oxygen atoms in total. The summed E-state index contributed by atoms with van der Waals surface area (Å²) in [6.07, 6.45) is 4.42. The first kappa shape index (κ1) is 21.6. The van der Waals surface area contributed by atoms with Gasteiger partial charge in [0.15, 0.2) is 11.6 Å². The molecule has 1 saturated carbocycles. The van der Waals surface area contributed by atoms with E-state index in [2.05, 4.69) is 41.6 Å². The van der Waals surface area contributed by atoms with Crippen molar-refractivity contribution in [1.29, 1.82) is 0 Å². The number of aromatic nitrogens is 5. The number of hydrogen-bond donors (Lipinski definition) is 0. The van der Waals surface area contributed by atoms with Crippen molar-refractivity contribution in [1.82, 2.24) is 29.6 Å². The molecule has 182 valence electrons. The number of ether oxygens (including phenoxy) is 1. The minimum absolute atomic E-state index is 0.253. The summed E-state index contributed by atoms with van der Waals surface area (Å²) >= 11 is 6.41. The van der Waals surface area contributed by atoms with Gasteiger partial charge in [0.2, 0.25) is 5.95 Å². The van der Waals surface area contributed by atoms with Crippen LogP contribution in [0, 0.1) is 18.2 Å². The molecular formula is C25H27ClFN7O. The lowest BCUT2D eigenvalue weighted by Crippen LogP contribution is -2.62. The van der Waals surface area contributed by atoms with Gasteiger partial charge in [0.25, 0.3) is 0 Å². The quantitative estimate of drug-likeness (QED) is 0.549. The highest BCUT2D eigenvalue weighted by Gasteiger charge is 2.55. The molecule has 0 amide bonds. The van der Waals surface area contributed by atoms with Crippen LogP contribution in [-0.4, -0.2) is 62.0 Å². The number of fused-ring (bicyclic) bond motifs is 3. The fourth-order valence-corrected chi connectivity index (χ4v) is 6.50. The molecule has 1 atom stereocenters. The maximum absolute atomic E-state index is 13.6. The number of hydrogen-bond acceptors (Lipinski definition) is 7. The van der Waals surface area contributed by atoms with E-state index in [1.165, 1.54) is 11.8 Å². The normalized spacial score (nSPS) is 23.5. The lowest BCUT2D eigenvalue weighted by Gasteiger charge is -2.58. The van der Waals surface area contributed by atoms with E-state index in [0.29, 0.717) is 23.6 Å². The van der Waals surface area contributed by atoms with Crippen LogP contribution >= 0.6 is 11.6 Å². The maximum atomic E-state index is 13.6. The van der Waals surface area contributed by atoms with E-state index in [0.717, 1.165) is 81.0 Å². The summed E-state index contributed by atoms with van der Waals surface area (Å²) in [6.45, 7) is 6.63. The average Bonchev–Trinajstić information content (AvgIpc) is 3.42. The van der Waals surface area contributed by atoms with Crippen molar-refractivity contribution >= 4 is 17.5 Å². The van der Waals surface area contributed by atoms with Gasteiger partial charge in [-0.2, -0.15) is 0 Å². The van der Waals surface area contributed by atoms with Crippen LogP contribution in [0.1, 0.15) is 48.1 Å². The smallest absolute Gasteiger partial charge is 0.225 e. The first-order valence-corrected chi connectivity index (χ1v) is 12.6. The Bertz CT molecular complexity index is 1290. The highest BCUT2D eigenvalue weighted by Crippen LogP contribution is 2.56. The molecule has 5 heterocycles. The highest BCUT2D eigenvalue weighted by atomic mass is 35.5. The predicted molar refractivity (Wildman–Crippen MR) is 128 cm³/mol. The Balaban J connectivity index is 1.13. The van der Waals surface area contributed by atoms with Gasteiger partial charge in [-0.05, 0) is 49.9 Å². The van der Waals surface area contributed by atoms with Crippen LogP contribution in [-0.2, 0) is 17.8 Å². The summed E-state index contributed by atoms with van der Waals surface area (Å²) in [6, 6.07) is 6.53. The minimum Gasteiger partial charge on any atom is -0.380 e. The van der Waals surface area contributed by atoms with Crippen molar-refractivity contribution in [3.8, 4) is 5.69 Å². The third kappa shape index (κ3) is 3.55. The summed E-state index contributed by atoms with van der Waals surface area (Å²) in [5.74, 6) is 2.65. The van der Waals surface area contributed by atoms with Crippen molar-refractivity contribution in [2.45, 2.75) is 51.2 Å². The standard InChI is InChI=1S/C25H27ClFN7O/c1-15-20(27)9-28-24(29-15)33-13-25(14-33)7-17(8-25)23-31-30-22-11-32(19-4-5-35-12-19)10-16-6-18(26)2-3-21(16)34(22)23/h2-3,6,9,17,19H,4-5,7-8,10-14H2,1H3/t19-/m0/s1. The first-order valence-electron chi connectivity index (χ1n) is 12.3. The Hall–Kier alpha value is -2.62. The zero-order chi connectivity index (χ0) is 23.7. The lowest BCUT2D eigenvalue weighted by atomic mass is 9.57. The molecule has 3 aromatic rings. The van der Waals surface area contributed by atoms with Gasteiger partial charge in [-0.3, -0.25) is 9.47 Å². The number of aryl methyl sites for hydroxylation is 1. The predicted octanol–water partition coefficient (Wildman–Crippen LogP) is 3.65. The van der Waals surface area contributed by atoms with Crippen molar-refractivity contribution in [2.75, 3.05) is 31.2 Å². The Morgan fingerprint density at radius 3 is 2.80 bits per heavy atom. The largest absolute Gasteiger partial charge is 0.380 e. The molecule has 3 aliphatic heterocycles. The van der Waals surface area contributed by atoms with Crippen LogP contribution in [0.15, 0.2) is 24.4 Å². The lowest BCUT2D eigenvalue weighted by molar-refractivity contribution is 0.0574. The second kappa shape index (κ2) is 7.94. The molecule has 2 aromatic heterocycles. The summed E-state index contributed by atoms with van der Waals surface area (Å²) in [5.41, 5.74) is 2.99. The molecule has 3 fully saturated rings. The van der Waals surface area contributed by atoms with Crippen LogP contribution in [0.25, 0.3) is 5.69 Å². The SMILES string of the molecule is Cc1nc(N2CC3(CC(c4nnc5n4-c4ccc(Cl)cc4CN([C@H]4CCOC4)C5)C3)C2)ncc1F. The van der Waals surface area contributed by atoms with Crippen LogP contribution in [0.3, 0.4) is 0 Å². The van der Waals surface area contributed by atoms with Gasteiger partial charge in [0, 0.05) is 48.6 Å². The monoisotopic (exact) mass is 495 g/mol. The van der Waals surface area contributed by atoms with Crippen molar-refractivity contribution in [3.05, 3.63) is 58.1 Å². The Morgan fingerprint density at radius 1 is 1.17 bits per heavy atom. The van der Waals surface area contributed by atoms with Gasteiger partial charge in [-0.1, -0.05) is 11.6 Å². The third-order valence-electron chi connectivity index (χ3n) is 8.14. The van der Waals surface area contributed by atoms with E-state index in [4.69, 9.17) is 21.4 Å². The molecule has 2 saturated heterocycles. The van der Waals surface area contributed by atoms with E-state index in [-0.39, 0.29) is 11.2 Å². The first-order chi connectivity index (χ1) is 17.0. The number of benzene rings is 1. The molecule has 1 spiro atoms. The molecule has 7 rings (SSSR count). The molecule has 4 aliphatic rings. The van der Waals surface area contributed by atoms with Gasteiger partial charge < -0.3 is 9.64 Å². The molecule has 1 aliphatic carbocycles. The van der Waals surface area contributed by atoms with Crippen molar-refractivity contribution < 1.29 is 9.13 Å². The molecule has 10 heteroatoms. The molecule has 0 bridgehead atoms. The summed E-state index contributed by atoms with van der Waals surface area (Å²) in [4.78, 5) is 13.1. The van der Waals surface area contributed by atoms with E-state index in [1.807, 2.05) is 6.07 Å². The van der Waals surface area contributed by atoms with Gasteiger partial charge in [0.05, 0.1) is 30.7 Å². The molecule has 0 N–H and O–H groups in total. The highest BCUT2D eigenvalue weighted by molar-refractivity contribution is 6.30. The zero-order valence-corrected chi connectivity index (χ0v) is 20.4. The number of anilines is 1. The van der Waals surface area contributed by atoms with Crippen molar-refractivity contribution in [3.63, 3.8) is 0 Å². The minimum atomic E-state index is -0.360. The average molecular weight is 496 g/mol. The topological polar surface area (TPSA) is 72.2 Å². The summed E-state index contributed by atoms with van der Waals surface area (Å²) in [7, 11) is 0. The van der Waals surface area contributed by atoms with Crippen LogP contribution in [0.5, 0.6) is 0 Å². The Labute approximate surface area is 208 Å². The van der Waals surface area contributed by atoms with Crippen molar-refractivity contribution in [2.24, 2.45) is 5.41 Å². The summed E-state index contributed by atoms with van der Waals surface area (Å²) in [5, 5.41) is 10.1. The van der Waals surface area contributed by atoms with E-state index < -0.39 is 0 Å². The van der Waals surface area contributed by atoms with E-state index in [9.17, 15) is 4.39 Å². The summed E-state index contributed by atoms with van der Waals surface area (Å²) < 4.78 is 21.5. The van der Waals surface area contributed by atoms with E-state index >= 15 is 0 Å². The third-order valence-corrected chi connectivity index (χ3v) is 8.38.